The third-order valence-electron chi connectivity index (χ3n) is 3.34. The summed E-state index contributed by atoms with van der Waals surface area (Å²) in [6.07, 6.45) is 1.64. The summed E-state index contributed by atoms with van der Waals surface area (Å²) in [4.78, 5) is 25.5. The Kier molecular flexibility index (Phi) is 8.36. The van der Waals surface area contributed by atoms with Crippen LogP contribution in [0.3, 0.4) is 0 Å². The van der Waals surface area contributed by atoms with Gasteiger partial charge in [-0.15, -0.1) is 0 Å². The maximum Gasteiger partial charge on any atom is 0.267 e. The Morgan fingerprint density at radius 3 is 1.88 bits per heavy atom. The van der Waals surface area contributed by atoms with Gasteiger partial charge in [-0.2, -0.15) is 5.26 Å². The first-order chi connectivity index (χ1) is 12.2. The van der Waals surface area contributed by atoms with Gasteiger partial charge in [0.05, 0.1) is 0 Å². The minimum absolute atomic E-state index is 0.0669. The maximum absolute atomic E-state index is 12.4. The topological polar surface area (TPSA) is 85.2 Å². The number of nitriles is 1. The standard InChI is InChI=1S/C20H28N4O2/c1-14(2)11-24(12-15(3)4)13-17(10-21)20(26)23-19-8-6-18(7-9-19)22-16(5)25/h6-9,13-15H,11-12H2,1-5H3,(H,22,25)(H,23,26)/b17-13-. The Labute approximate surface area is 155 Å². The van der Waals surface area contributed by atoms with Gasteiger partial charge in [-0.05, 0) is 36.1 Å². The molecule has 0 aliphatic heterocycles. The van der Waals surface area contributed by atoms with Crippen molar-refractivity contribution in [3.05, 3.63) is 36.0 Å². The van der Waals surface area contributed by atoms with Gasteiger partial charge in [0.25, 0.3) is 5.91 Å². The number of amides is 2. The molecule has 1 rings (SSSR count). The molecule has 0 unspecified atom stereocenters. The van der Waals surface area contributed by atoms with E-state index in [1.165, 1.54) is 6.92 Å². The molecule has 0 fully saturated rings. The molecule has 26 heavy (non-hydrogen) atoms. The average Bonchev–Trinajstić information content (AvgIpc) is 2.52. The molecule has 0 radical (unpaired) electrons. The van der Waals surface area contributed by atoms with E-state index in [4.69, 9.17) is 0 Å². The molecule has 0 aliphatic rings. The summed E-state index contributed by atoms with van der Waals surface area (Å²) < 4.78 is 0. The SMILES string of the molecule is CC(=O)Nc1ccc(NC(=O)/C(C#N)=C\N(CC(C)C)CC(C)C)cc1. The fourth-order valence-corrected chi connectivity index (χ4v) is 2.48. The number of anilines is 2. The molecule has 0 spiro atoms. The summed E-state index contributed by atoms with van der Waals surface area (Å²) in [7, 11) is 0. The van der Waals surface area contributed by atoms with Gasteiger partial charge in [-0.3, -0.25) is 9.59 Å². The molecule has 0 aromatic heterocycles. The molecule has 1 aromatic rings. The highest BCUT2D eigenvalue weighted by Crippen LogP contribution is 2.15. The molecular weight excluding hydrogens is 328 g/mol. The zero-order chi connectivity index (χ0) is 19.7. The number of hydrogen-bond acceptors (Lipinski definition) is 4. The lowest BCUT2D eigenvalue weighted by molar-refractivity contribution is -0.114. The average molecular weight is 356 g/mol. The van der Waals surface area contributed by atoms with Gasteiger partial charge in [0.15, 0.2) is 0 Å². The monoisotopic (exact) mass is 356 g/mol. The van der Waals surface area contributed by atoms with Crippen molar-refractivity contribution >= 4 is 23.2 Å². The Bertz CT molecular complexity index is 675. The van der Waals surface area contributed by atoms with Gasteiger partial charge < -0.3 is 15.5 Å². The Morgan fingerprint density at radius 1 is 1.04 bits per heavy atom. The summed E-state index contributed by atoms with van der Waals surface area (Å²) in [5.74, 6) is 0.243. The smallest absolute Gasteiger partial charge is 0.267 e. The van der Waals surface area contributed by atoms with Crippen LogP contribution in [0.2, 0.25) is 0 Å². The molecule has 2 N–H and O–H groups in total. The predicted molar refractivity (Wildman–Crippen MR) is 104 cm³/mol. The summed E-state index contributed by atoms with van der Waals surface area (Å²) in [5, 5.41) is 14.8. The number of rotatable bonds is 8. The third kappa shape index (κ3) is 7.84. The van der Waals surface area contributed by atoms with Crippen molar-refractivity contribution in [1.82, 2.24) is 4.90 Å². The number of carbonyl (C=O) groups is 2. The first-order valence-corrected chi connectivity index (χ1v) is 8.76. The minimum atomic E-state index is -0.447. The van der Waals surface area contributed by atoms with E-state index in [9.17, 15) is 14.9 Å². The van der Waals surface area contributed by atoms with E-state index in [1.54, 1.807) is 30.5 Å². The molecule has 0 bridgehead atoms. The first-order valence-electron chi connectivity index (χ1n) is 8.76. The Balaban J connectivity index is 2.86. The highest BCUT2D eigenvalue weighted by atomic mass is 16.2. The van der Waals surface area contributed by atoms with E-state index in [0.717, 1.165) is 13.1 Å². The van der Waals surface area contributed by atoms with Crippen LogP contribution < -0.4 is 10.6 Å². The van der Waals surface area contributed by atoms with Crippen LogP contribution in [0.4, 0.5) is 11.4 Å². The van der Waals surface area contributed by atoms with Gasteiger partial charge in [0.1, 0.15) is 11.6 Å². The van der Waals surface area contributed by atoms with E-state index < -0.39 is 5.91 Å². The fraction of sp³-hybridized carbons (Fsp3) is 0.450. The summed E-state index contributed by atoms with van der Waals surface area (Å²) in [6.45, 7) is 11.4. The number of nitrogens with zero attached hydrogens (tertiary/aromatic N) is 2. The van der Waals surface area contributed by atoms with Crippen molar-refractivity contribution in [2.45, 2.75) is 34.6 Å². The molecule has 0 saturated carbocycles. The molecule has 0 atom stereocenters. The molecule has 6 nitrogen and oxygen atoms in total. The molecule has 0 saturated heterocycles. The molecule has 2 amide bonds. The van der Waals surface area contributed by atoms with Gasteiger partial charge in [-0.25, -0.2) is 0 Å². The first kappa shape index (κ1) is 21.2. The van der Waals surface area contributed by atoms with Crippen LogP contribution >= 0.6 is 0 Å². The van der Waals surface area contributed by atoms with Crippen LogP contribution in [0.25, 0.3) is 0 Å². The van der Waals surface area contributed by atoms with Gasteiger partial charge >= 0.3 is 0 Å². The number of nitrogens with one attached hydrogen (secondary N) is 2. The minimum Gasteiger partial charge on any atom is -0.376 e. The molecule has 1 aromatic carbocycles. The maximum atomic E-state index is 12.4. The van der Waals surface area contributed by atoms with Crippen LogP contribution in [0, 0.1) is 23.2 Å². The van der Waals surface area contributed by atoms with E-state index in [-0.39, 0.29) is 11.5 Å². The largest absolute Gasteiger partial charge is 0.376 e. The van der Waals surface area contributed by atoms with Crippen molar-refractivity contribution in [3.63, 3.8) is 0 Å². The van der Waals surface area contributed by atoms with E-state index in [2.05, 4.69) is 38.3 Å². The Hall–Kier alpha value is -2.81. The van der Waals surface area contributed by atoms with E-state index in [1.807, 2.05) is 11.0 Å². The second-order valence-corrected chi connectivity index (χ2v) is 7.11. The van der Waals surface area contributed by atoms with Crippen LogP contribution in [0.5, 0.6) is 0 Å². The summed E-state index contributed by atoms with van der Waals surface area (Å²) in [6, 6.07) is 8.73. The summed E-state index contributed by atoms with van der Waals surface area (Å²) in [5.41, 5.74) is 1.27. The molecule has 6 heteroatoms. The number of benzene rings is 1. The lowest BCUT2D eigenvalue weighted by Gasteiger charge is -2.25. The van der Waals surface area contributed by atoms with Crippen LogP contribution in [0.1, 0.15) is 34.6 Å². The third-order valence-corrected chi connectivity index (χ3v) is 3.34. The highest BCUT2D eigenvalue weighted by molar-refractivity contribution is 6.06. The lowest BCUT2D eigenvalue weighted by Crippen LogP contribution is -2.28. The second kappa shape index (κ2) is 10.2. The lowest BCUT2D eigenvalue weighted by atomic mass is 10.1. The van der Waals surface area contributed by atoms with Crippen LogP contribution in [-0.4, -0.2) is 29.8 Å². The van der Waals surface area contributed by atoms with Crippen molar-refractivity contribution in [1.29, 1.82) is 5.26 Å². The zero-order valence-electron chi connectivity index (χ0n) is 16.2. The zero-order valence-corrected chi connectivity index (χ0v) is 16.2. The van der Waals surface area contributed by atoms with Crippen molar-refractivity contribution in [2.24, 2.45) is 11.8 Å². The molecule has 0 heterocycles. The van der Waals surface area contributed by atoms with Gasteiger partial charge in [-0.1, -0.05) is 27.7 Å². The quantitative estimate of drug-likeness (QED) is 0.550. The van der Waals surface area contributed by atoms with Crippen molar-refractivity contribution in [2.75, 3.05) is 23.7 Å². The Morgan fingerprint density at radius 2 is 1.50 bits per heavy atom. The van der Waals surface area contributed by atoms with E-state index >= 15 is 0 Å². The molecule has 0 aliphatic carbocycles. The van der Waals surface area contributed by atoms with Gasteiger partial charge in [0, 0.05) is 37.6 Å². The molecule has 140 valence electrons. The fourth-order valence-electron chi connectivity index (χ4n) is 2.48. The highest BCUT2D eigenvalue weighted by Gasteiger charge is 2.13. The van der Waals surface area contributed by atoms with E-state index in [0.29, 0.717) is 23.2 Å². The van der Waals surface area contributed by atoms with Crippen molar-refractivity contribution in [3.8, 4) is 6.07 Å². The number of hydrogen-bond donors (Lipinski definition) is 2. The van der Waals surface area contributed by atoms with Gasteiger partial charge in [0.2, 0.25) is 5.91 Å². The second-order valence-electron chi connectivity index (χ2n) is 7.11. The van der Waals surface area contributed by atoms with Crippen molar-refractivity contribution < 1.29 is 9.59 Å². The van der Waals surface area contributed by atoms with Crippen LogP contribution in [-0.2, 0) is 9.59 Å². The number of carbonyl (C=O) groups excluding carboxylic acids is 2. The predicted octanol–water partition coefficient (Wildman–Crippen LogP) is 3.60. The normalized spacial score (nSPS) is 11.2. The summed E-state index contributed by atoms with van der Waals surface area (Å²) >= 11 is 0. The molecular formula is C20H28N4O2. The van der Waals surface area contributed by atoms with Crippen LogP contribution in [0.15, 0.2) is 36.0 Å².